The highest BCUT2D eigenvalue weighted by Gasteiger charge is 2.20. The summed E-state index contributed by atoms with van der Waals surface area (Å²) in [6.07, 6.45) is 0. The number of aromatic amines is 1. The molecule has 184 valence electrons. The number of nitrogens with zero attached hydrogens (tertiary/aromatic N) is 3. The smallest absolute Gasteiger partial charge is 0.280 e. The number of non-ortho nitro benzene ring substituents is 1. The van der Waals surface area contributed by atoms with Gasteiger partial charge in [-0.15, -0.1) is 11.8 Å². The topological polar surface area (TPSA) is 103 Å². The van der Waals surface area contributed by atoms with Gasteiger partial charge in [0.05, 0.1) is 29.0 Å². The van der Waals surface area contributed by atoms with Crippen molar-refractivity contribution in [1.29, 1.82) is 0 Å². The summed E-state index contributed by atoms with van der Waals surface area (Å²) in [7, 11) is 1.59. The Hall–Kier alpha value is -3.82. The minimum absolute atomic E-state index is 0.0510. The van der Waals surface area contributed by atoms with E-state index in [9.17, 15) is 14.9 Å². The van der Waals surface area contributed by atoms with Crippen LogP contribution >= 0.6 is 23.4 Å². The molecular weight excluding hydrogens is 500 g/mol. The molecule has 1 aromatic heterocycles. The van der Waals surface area contributed by atoms with Gasteiger partial charge < -0.3 is 4.74 Å². The van der Waals surface area contributed by atoms with Crippen molar-refractivity contribution in [3.05, 3.63) is 104 Å². The van der Waals surface area contributed by atoms with E-state index in [1.807, 2.05) is 55.5 Å². The normalized spacial score (nSPS) is 11.5. The van der Waals surface area contributed by atoms with Crippen LogP contribution in [0.4, 0.5) is 5.69 Å². The van der Waals surface area contributed by atoms with Gasteiger partial charge in [0, 0.05) is 45.6 Å². The third-order valence-electron chi connectivity index (χ3n) is 5.47. The number of methoxy groups -OCH3 is 1. The molecule has 3 aromatic carbocycles. The molecule has 0 spiro atoms. The number of thioether (sulfide) groups is 1. The molecule has 0 bridgehead atoms. The van der Waals surface area contributed by atoms with Crippen LogP contribution in [0.5, 0.6) is 5.75 Å². The van der Waals surface area contributed by atoms with Crippen molar-refractivity contribution in [3.8, 4) is 22.7 Å². The van der Waals surface area contributed by atoms with Gasteiger partial charge in [-0.2, -0.15) is 0 Å². The third-order valence-corrected chi connectivity index (χ3v) is 6.72. The highest BCUT2D eigenvalue weighted by molar-refractivity contribution is 7.99. The summed E-state index contributed by atoms with van der Waals surface area (Å²) in [5, 5.41) is 14.9. The standard InChI is InChI=1S/C26H23ClN4O4S/c1-17(28-15-16-36-23-13-5-19(27)6-14-23)24-25(18-3-11-22(35-2)12-4-18)29-30(26(24)32)20-7-9-21(10-8-20)31(33)34/h3-14,29H,15-16H2,1-2H3. The zero-order chi connectivity index (χ0) is 25.7. The molecule has 1 N–H and O–H groups in total. The molecule has 0 saturated heterocycles. The van der Waals surface area contributed by atoms with E-state index in [1.54, 1.807) is 18.9 Å². The fourth-order valence-electron chi connectivity index (χ4n) is 3.63. The first kappa shape index (κ1) is 25.3. The molecule has 0 atom stereocenters. The average Bonchev–Trinajstić information content (AvgIpc) is 3.24. The second-order valence-corrected chi connectivity index (χ2v) is 9.38. The monoisotopic (exact) mass is 522 g/mol. The zero-order valence-electron chi connectivity index (χ0n) is 19.6. The van der Waals surface area contributed by atoms with Crippen molar-refractivity contribution in [2.24, 2.45) is 4.99 Å². The molecule has 0 radical (unpaired) electrons. The number of nitro groups is 1. The van der Waals surface area contributed by atoms with Gasteiger partial charge in [0.2, 0.25) is 0 Å². The molecular formula is C26H23ClN4O4S. The molecule has 0 aliphatic heterocycles. The summed E-state index contributed by atoms with van der Waals surface area (Å²) >= 11 is 7.60. The van der Waals surface area contributed by atoms with Crippen molar-refractivity contribution in [1.82, 2.24) is 9.78 Å². The fourth-order valence-corrected chi connectivity index (χ4v) is 4.50. The minimum Gasteiger partial charge on any atom is -0.497 e. The number of ether oxygens (including phenoxy) is 1. The number of aliphatic imine (C=N–C) groups is 1. The zero-order valence-corrected chi connectivity index (χ0v) is 21.2. The van der Waals surface area contributed by atoms with Gasteiger partial charge in [0.15, 0.2) is 0 Å². The van der Waals surface area contributed by atoms with Crippen LogP contribution in [0.1, 0.15) is 12.5 Å². The van der Waals surface area contributed by atoms with Crippen molar-refractivity contribution in [2.45, 2.75) is 11.8 Å². The first-order chi connectivity index (χ1) is 17.4. The molecule has 36 heavy (non-hydrogen) atoms. The Morgan fingerprint density at radius 3 is 2.36 bits per heavy atom. The van der Waals surface area contributed by atoms with E-state index in [4.69, 9.17) is 16.3 Å². The Morgan fingerprint density at radius 1 is 1.08 bits per heavy atom. The predicted molar refractivity (Wildman–Crippen MR) is 144 cm³/mol. The van der Waals surface area contributed by atoms with E-state index in [-0.39, 0.29) is 11.2 Å². The molecule has 4 rings (SSSR count). The molecule has 1 heterocycles. The SMILES string of the molecule is COc1ccc(-c2[nH]n(-c3ccc([N+](=O)[O-])cc3)c(=O)c2C(C)=NCCSc2ccc(Cl)cc2)cc1. The first-order valence-electron chi connectivity index (χ1n) is 11.0. The number of nitro benzene ring substituents is 1. The fraction of sp³-hybridized carbons (Fsp3) is 0.154. The largest absolute Gasteiger partial charge is 0.497 e. The van der Waals surface area contributed by atoms with Gasteiger partial charge in [-0.3, -0.25) is 25.0 Å². The first-order valence-corrected chi connectivity index (χ1v) is 12.4. The Balaban J connectivity index is 1.66. The molecule has 0 aliphatic carbocycles. The van der Waals surface area contributed by atoms with E-state index >= 15 is 0 Å². The lowest BCUT2D eigenvalue weighted by atomic mass is 10.1. The maximum Gasteiger partial charge on any atom is 0.280 e. The number of halogens is 1. The van der Waals surface area contributed by atoms with Gasteiger partial charge in [-0.25, -0.2) is 4.68 Å². The van der Waals surface area contributed by atoms with Crippen molar-refractivity contribution < 1.29 is 9.66 Å². The number of H-pyrrole nitrogens is 1. The van der Waals surface area contributed by atoms with E-state index in [0.717, 1.165) is 16.2 Å². The lowest BCUT2D eigenvalue weighted by Gasteiger charge is -2.05. The molecule has 0 unspecified atom stereocenters. The van der Waals surface area contributed by atoms with Crippen molar-refractivity contribution >= 4 is 34.8 Å². The molecule has 0 saturated carbocycles. The van der Waals surface area contributed by atoms with Crippen LogP contribution in [-0.2, 0) is 0 Å². The quantitative estimate of drug-likeness (QED) is 0.0954. The van der Waals surface area contributed by atoms with Crippen LogP contribution in [0.25, 0.3) is 16.9 Å². The number of hydrogen-bond donors (Lipinski definition) is 1. The van der Waals surface area contributed by atoms with Gasteiger partial charge >= 0.3 is 0 Å². The Kier molecular flexibility index (Phi) is 7.92. The lowest BCUT2D eigenvalue weighted by molar-refractivity contribution is -0.384. The maximum absolute atomic E-state index is 13.5. The van der Waals surface area contributed by atoms with Crippen LogP contribution < -0.4 is 10.3 Å². The summed E-state index contributed by atoms with van der Waals surface area (Å²) < 4.78 is 6.63. The summed E-state index contributed by atoms with van der Waals surface area (Å²) in [5.74, 6) is 1.43. The van der Waals surface area contributed by atoms with E-state index < -0.39 is 4.92 Å². The Labute approximate surface area is 216 Å². The van der Waals surface area contributed by atoms with Gasteiger partial charge in [-0.05, 0) is 67.6 Å². The third kappa shape index (κ3) is 5.69. The molecule has 10 heteroatoms. The van der Waals surface area contributed by atoms with E-state index in [1.165, 1.54) is 28.9 Å². The summed E-state index contributed by atoms with van der Waals surface area (Å²) in [5.41, 5.74) is 2.57. The second kappa shape index (κ2) is 11.3. The summed E-state index contributed by atoms with van der Waals surface area (Å²) in [6, 6.07) is 20.8. The van der Waals surface area contributed by atoms with Crippen molar-refractivity contribution in [2.75, 3.05) is 19.4 Å². The van der Waals surface area contributed by atoms with Crippen LogP contribution in [0.3, 0.4) is 0 Å². The summed E-state index contributed by atoms with van der Waals surface area (Å²) in [4.78, 5) is 29.8. The number of benzene rings is 3. The number of aromatic nitrogens is 2. The minimum atomic E-state index is -0.478. The molecule has 0 aliphatic rings. The molecule has 0 fully saturated rings. The van der Waals surface area contributed by atoms with E-state index in [0.29, 0.717) is 40.0 Å². The van der Waals surface area contributed by atoms with Crippen molar-refractivity contribution in [3.63, 3.8) is 0 Å². The Morgan fingerprint density at radius 2 is 1.75 bits per heavy atom. The van der Waals surface area contributed by atoms with Crippen LogP contribution in [-0.4, -0.2) is 39.8 Å². The van der Waals surface area contributed by atoms with Crippen LogP contribution in [0.15, 0.2) is 87.5 Å². The highest BCUT2D eigenvalue weighted by Crippen LogP contribution is 2.25. The number of hydrogen-bond acceptors (Lipinski definition) is 6. The second-order valence-electron chi connectivity index (χ2n) is 7.77. The predicted octanol–water partition coefficient (Wildman–Crippen LogP) is 6.00. The molecule has 8 nitrogen and oxygen atoms in total. The van der Waals surface area contributed by atoms with Crippen LogP contribution in [0.2, 0.25) is 5.02 Å². The number of rotatable bonds is 9. The summed E-state index contributed by atoms with van der Waals surface area (Å²) in [6.45, 7) is 2.33. The van der Waals surface area contributed by atoms with E-state index in [2.05, 4.69) is 10.1 Å². The lowest BCUT2D eigenvalue weighted by Crippen LogP contribution is -2.20. The van der Waals surface area contributed by atoms with Gasteiger partial charge in [-0.1, -0.05) is 11.6 Å². The van der Waals surface area contributed by atoms with Gasteiger partial charge in [0.25, 0.3) is 11.2 Å². The molecule has 0 amide bonds. The van der Waals surface area contributed by atoms with Gasteiger partial charge in [0.1, 0.15) is 5.75 Å². The maximum atomic E-state index is 13.5. The highest BCUT2D eigenvalue weighted by atomic mass is 35.5. The Bertz CT molecular complexity index is 1440. The van der Waals surface area contributed by atoms with Crippen LogP contribution in [0, 0.1) is 10.1 Å². The average molecular weight is 523 g/mol. The molecule has 4 aromatic rings. The number of nitrogens with one attached hydrogen (secondary N) is 1.